The van der Waals surface area contributed by atoms with Crippen molar-refractivity contribution in [3.8, 4) is 11.5 Å². The van der Waals surface area contributed by atoms with Crippen LogP contribution in [0.1, 0.15) is 21.5 Å². The zero-order valence-corrected chi connectivity index (χ0v) is 17.8. The van der Waals surface area contributed by atoms with Crippen LogP contribution in [0.5, 0.6) is 11.5 Å². The fourth-order valence-corrected chi connectivity index (χ4v) is 2.74. The number of nitrogens with zero attached hydrogens (tertiary/aromatic N) is 1. The lowest BCUT2D eigenvalue weighted by Crippen LogP contribution is -2.32. The molecular formula is C24H20FN3O5. The quantitative estimate of drug-likeness (QED) is 0.197. The van der Waals surface area contributed by atoms with Gasteiger partial charge in [0.25, 0.3) is 0 Å². The highest BCUT2D eigenvalue weighted by molar-refractivity contribution is 6.39. The summed E-state index contributed by atoms with van der Waals surface area (Å²) in [7, 11) is 1.42. The van der Waals surface area contributed by atoms with Crippen LogP contribution in [-0.4, -0.2) is 31.1 Å². The fourth-order valence-electron chi connectivity index (χ4n) is 2.74. The normalized spacial score (nSPS) is 10.5. The molecule has 0 fully saturated rings. The van der Waals surface area contributed by atoms with E-state index in [4.69, 9.17) is 9.47 Å². The molecule has 168 valence electrons. The van der Waals surface area contributed by atoms with Gasteiger partial charge in [0, 0.05) is 5.69 Å². The Balaban J connectivity index is 1.61. The number of rotatable bonds is 6. The summed E-state index contributed by atoms with van der Waals surface area (Å²) in [6.07, 6.45) is 1.29. The highest BCUT2D eigenvalue weighted by atomic mass is 19.1. The summed E-state index contributed by atoms with van der Waals surface area (Å²) >= 11 is 0. The molecule has 0 aliphatic rings. The van der Waals surface area contributed by atoms with Gasteiger partial charge in [0.05, 0.1) is 18.9 Å². The van der Waals surface area contributed by atoms with Crippen LogP contribution >= 0.6 is 0 Å². The van der Waals surface area contributed by atoms with Gasteiger partial charge >= 0.3 is 17.8 Å². The molecule has 0 saturated heterocycles. The first-order chi connectivity index (χ1) is 15.9. The third-order valence-corrected chi connectivity index (χ3v) is 4.44. The number of halogens is 1. The minimum Gasteiger partial charge on any atom is -0.493 e. The molecular weight excluding hydrogens is 429 g/mol. The molecule has 3 rings (SSSR count). The maximum absolute atomic E-state index is 12.9. The van der Waals surface area contributed by atoms with Crippen LogP contribution in [0.15, 0.2) is 71.8 Å². The molecule has 3 aromatic rings. The number of benzene rings is 3. The predicted octanol–water partition coefficient (Wildman–Crippen LogP) is 3.45. The lowest BCUT2D eigenvalue weighted by atomic mass is 10.1. The van der Waals surface area contributed by atoms with Gasteiger partial charge in [0.2, 0.25) is 0 Å². The second-order valence-corrected chi connectivity index (χ2v) is 6.77. The van der Waals surface area contributed by atoms with E-state index in [0.29, 0.717) is 11.1 Å². The first-order valence-electron chi connectivity index (χ1n) is 9.73. The van der Waals surface area contributed by atoms with E-state index in [1.807, 2.05) is 19.1 Å². The Bertz CT molecular complexity index is 1210. The number of carbonyl (C=O) groups is 3. The molecule has 0 unspecified atom stereocenters. The van der Waals surface area contributed by atoms with Crippen molar-refractivity contribution in [3.05, 3.63) is 89.2 Å². The third kappa shape index (κ3) is 6.23. The molecule has 0 bridgehead atoms. The van der Waals surface area contributed by atoms with Crippen molar-refractivity contribution in [2.24, 2.45) is 5.10 Å². The summed E-state index contributed by atoms with van der Waals surface area (Å²) in [5.74, 6) is -2.46. The van der Waals surface area contributed by atoms with Gasteiger partial charge in [-0.15, -0.1) is 0 Å². The zero-order chi connectivity index (χ0) is 23.8. The molecule has 0 atom stereocenters. The number of aryl methyl sites for hydroxylation is 1. The molecule has 0 aliphatic heterocycles. The lowest BCUT2D eigenvalue weighted by molar-refractivity contribution is -0.136. The summed E-state index contributed by atoms with van der Waals surface area (Å²) in [5, 5.41) is 6.05. The third-order valence-electron chi connectivity index (χ3n) is 4.44. The molecule has 0 radical (unpaired) electrons. The second kappa shape index (κ2) is 10.7. The molecule has 8 nitrogen and oxygen atoms in total. The molecule has 33 heavy (non-hydrogen) atoms. The Labute approximate surface area is 189 Å². The molecule has 2 N–H and O–H groups in total. The van der Waals surface area contributed by atoms with Crippen molar-refractivity contribution in [2.75, 3.05) is 12.4 Å². The van der Waals surface area contributed by atoms with Crippen molar-refractivity contribution < 1.29 is 28.2 Å². The summed E-state index contributed by atoms with van der Waals surface area (Å²) in [6, 6.07) is 16.7. The van der Waals surface area contributed by atoms with Gasteiger partial charge in [0.1, 0.15) is 5.82 Å². The maximum atomic E-state index is 12.9. The van der Waals surface area contributed by atoms with Crippen LogP contribution in [0.2, 0.25) is 0 Å². The van der Waals surface area contributed by atoms with Crippen molar-refractivity contribution >= 4 is 29.7 Å². The topological polar surface area (TPSA) is 106 Å². The first-order valence-corrected chi connectivity index (χ1v) is 9.73. The minimum atomic E-state index is -1.01. The van der Waals surface area contributed by atoms with Gasteiger partial charge in [-0.2, -0.15) is 5.10 Å². The largest absolute Gasteiger partial charge is 0.493 e. The lowest BCUT2D eigenvalue weighted by Gasteiger charge is -2.11. The predicted molar refractivity (Wildman–Crippen MR) is 120 cm³/mol. The van der Waals surface area contributed by atoms with Gasteiger partial charge < -0.3 is 14.8 Å². The molecule has 0 saturated carbocycles. The van der Waals surface area contributed by atoms with Crippen molar-refractivity contribution in [1.29, 1.82) is 0 Å². The highest BCUT2D eigenvalue weighted by Gasteiger charge is 2.15. The molecule has 3 aromatic carbocycles. The van der Waals surface area contributed by atoms with Crippen LogP contribution in [0.3, 0.4) is 0 Å². The fraction of sp³-hybridized carbons (Fsp3) is 0.0833. The summed E-state index contributed by atoms with van der Waals surface area (Å²) in [4.78, 5) is 36.2. The van der Waals surface area contributed by atoms with E-state index in [0.717, 1.165) is 17.7 Å². The van der Waals surface area contributed by atoms with E-state index in [1.165, 1.54) is 31.5 Å². The summed E-state index contributed by atoms with van der Waals surface area (Å²) in [5.41, 5.74) is 4.09. The van der Waals surface area contributed by atoms with Crippen LogP contribution in [0.4, 0.5) is 10.1 Å². The smallest absolute Gasteiger partial charge is 0.343 e. The molecule has 0 aromatic heterocycles. The first kappa shape index (κ1) is 23.1. The van der Waals surface area contributed by atoms with Crippen LogP contribution in [0, 0.1) is 12.7 Å². The second-order valence-electron chi connectivity index (χ2n) is 6.77. The zero-order valence-electron chi connectivity index (χ0n) is 17.8. The number of amides is 2. The minimum absolute atomic E-state index is 0.214. The van der Waals surface area contributed by atoms with Crippen LogP contribution in [-0.2, 0) is 9.59 Å². The van der Waals surface area contributed by atoms with E-state index in [-0.39, 0.29) is 17.2 Å². The standard InChI is InChI=1S/C24H20FN3O5/c1-15-5-3-4-6-19(15)24(31)33-20-12-7-16(13-21(20)32-2)14-26-28-23(30)22(29)27-18-10-8-17(25)9-11-18/h3-14H,1-2H3,(H,27,29)(H,28,30). The SMILES string of the molecule is COc1cc(C=NNC(=O)C(=O)Nc2ccc(F)cc2)ccc1OC(=O)c1ccccc1C. The Hall–Kier alpha value is -4.53. The van der Waals surface area contributed by atoms with Gasteiger partial charge in [-0.3, -0.25) is 9.59 Å². The van der Waals surface area contributed by atoms with Gasteiger partial charge in [0.15, 0.2) is 11.5 Å². The van der Waals surface area contributed by atoms with Crippen molar-refractivity contribution in [1.82, 2.24) is 5.43 Å². The number of hydrazone groups is 1. The van der Waals surface area contributed by atoms with Gasteiger partial charge in [-0.1, -0.05) is 18.2 Å². The summed E-state index contributed by atoms with van der Waals surface area (Å²) < 4.78 is 23.6. The van der Waals surface area contributed by atoms with E-state index in [2.05, 4.69) is 15.8 Å². The number of ether oxygens (including phenoxy) is 2. The van der Waals surface area contributed by atoms with E-state index in [1.54, 1.807) is 24.3 Å². The number of carbonyl (C=O) groups excluding carboxylic acids is 3. The number of esters is 1. The van der Waals surface area contributed by atoms with Crippen molar-refractivity contribution in [2.45, 2.75) is 6.92 Å². The number of hydrogen-bond acceptors (Lipinski definition) is 6. The monoisotopic (exact) mass is 449 g/mol. The number of methoxy groups -OCH3 is 1. The Morgan fingerprint density at radius 1 is 0.939 bits per heavy atom. The van der Waals surface area contributed by atoms with Crippen molar-refractivity contribution in [3.63, 3.8) is 0 Å². The molecule has 0 spiro atoms. The van der Waals surface area contributed by atoms with Gasteiger partial charge in [-0.25, -0.2) is 14.6 Å². The van der Waals surface area contributed by atoms with E-state index < -0.39 is 23.6 Å². The van der Waals surface area contributed by atoms with Crippen LogP contribution < -0.4 is 20.2 Å². The average Bonchev–Trinajstić information content (AvgIpc) is 2.81. The number of anilines is 1. The Morgan fingerprint density at radius 2 is 1.67 bits per heavy atom. The molecule has 2 amide bonds. The molecule has 0 aliphatic carbocycles. The Morgan fingerprint density at radius 3 is 2.36 bits per heavy atom. The van der Waals surface area contributed by atoms with E-state index >= 15 is 0 Å². The number of nitrogens with one attached hydrogen (secondary N) is 2. The number of hydrogen-bond donors (Lipinski definition) is 2. The van der Waals surface area contributed by atoms with E-state index in [9.17, 15) is 18.8 Å². The highest BCUT2D eigenvalue weighted by Crippen LogP contribution is 2.28. The maximum Gasteiger partial charge on any atom is 0.343 e. The van der Waals surface area contributed by atoms with Crippen LogP contribution in [0.25, 0.3) is 0 Å². The molecule has 9 heteroatoms. The average molecular weight is 449 g/mol. The Kier molecular flexibility index (Phi) is 7.48. The summed E-state index contributed by atoms with van der Waals surface area (Å²) in [6.45, 7) is 1.81. The van der Waals surface area contributed by atoms with Gasteiger partial charge in [-0.05, 0) is 66.6 Å². The molecule has 0 heterocycles.